The summed E-state index contributed by atoms with van der Waals surface area (Å²) in [6, 6.07) is 8.05. The van der Waals surface area contributed by atoms with Crippen LogP contribution in [0, 0.1) is 6.92 Å². The number of Topliss-reactive ketones (excluding diaryl/α,β-unsaturated/α-hetero) is 1. The van der Waals surface area contributed by atoms with Gasteiger partial charge in [-0.3, -0.25) is 9.79 Å². The van der Waals surface area contributed by atoms with Crippen LogP contribution in [0.15, 0.2) is 35.0 Å². The van der Waals surface area contributed by atoms with E-state index >= 15 is 0 Å². The molecule has 2 rings (SSSR count). The Balaban J connectivity index is 2.35. The van der Waals surface area contributed by atoms with Crippen molar-refractivity contribution in [1.82, 2.24) is 0 Å². The predicted molar refractivity (Wildman–Crippen MR) is 61.9 cm³/mol. The van der Waals surface area contributed by atoms with Crippen LogP contribution in [-0.4, -0.2) is 11.5 Å². The normalized spacial score (nSPS) is 18.4. The minimum atomic E-state index is 0.119. The van der Waals surface area contributed by atoms with Crippen LogP contribution < -0.4 is 0 Å². The zero-order chi connectivity index (χ0) is 10.8. The third-order valence-electron chi connectivity index (χ3n) is 2.36. The van der Waals surface area contributed by atoms with Gasteiger partial charge in [-0.05, 0) is 25.5 Å². The lowest BCUT2D eigenvalue weighted by Crippen LogP contribution is -1.94. The van der Waals surface area contributed by atoms with Crippen LogP contribution in [0.5, 0.6) is 0 Å². The molecule has 0 aliphatic carbocycles. The van der Waals surface area contributed by atoms with E-state index in [-0.39, 0.29) is 5.78 Å². The van der Waals surface area contributed by atoms with E-state index in [4.69, 9.17) is 0 Å². The summed E-state index contributed by atoms with van der Waals surface area (Å²) in [7, 11) is 0. The topological polar surface area (TPSA) is 29.4 Å². The molecule has 1 aliphatic heterocycles. The molecule has 0 bridgehead atoms. The smallest absolute Gasteiger partial charge is 0.186 e. The highest BCUT2D eigenvalue weighted by Gasteiger charge is 2.17. The van der Waals surface area contributed by atoms with E-state index in [0.717, 1.165) is 11.3 Å². The first-order valence-corrected chi connectivity index (χ1v) is 5.01. The third kappa shape index (κ3) is 2.21. The first-order chi connectivity index (χ1) is 7.15. The molecule has 0 atom stereocenters. The Hall–Kier alpha value is -1.70. The van der Waals surface area contributed by atoms with Gasteiger partial charge in [0.15, 0.2) is 5.78 Å². The molecule has 0 radical (unpaired) electrons. The number of rotatable bonds is 1. The number of benzene rings is 1. The van der Waals surface area contributed by atoms with Crippen molar-refractivity contribution in [3.05, 3.63) is 41.1 Å². The summed E-state index contributed by atoms with van der Waals surface area (Å²) in [5.74, 6) is 0.119. The second-order valence-corrected chi connectivity index (χ2v) is 3.89. The maximum Gasteiger partial charge on any atom is 0.186 e. The van der Waals surface area contributed by atoms with Crippen LogP contribution >= 0.6 is 0 Å². The van der Waals surface area contributed by atoms with Crippen molar-refractivity contribution in [1.29, 1.82) is 0 Å². The largest absolute Gasteiger partial charge is 0.292 e. The number of aryl methyl sites for hydroxylation is 1. The number of nitrogens with zero attached hydrogens (tertiary/aromatic N) is 1. The summed E-state index contributed by atoms with van der Waals surface area (Å²) in [6.45, 7) is 3.92. The summed E-state index contributed by atoms with van der Waals surface area (Å²) in [4.78, 5) is 15.7. The van der Waals surface area contributed by atoms with Crippen molar-refractivity contribution < 1.29 is 4.79 Å². The Bertz CT molecular complexity index is 469. The average molecular weight is 199 g/mol. The minimum absolute atomic E-state index is 0.119. The van der Waals surface area contributed by atoms with Crippen LogP contribution in [0.4, 0.5) is 0 Å². The zero-order valence-corrected chi connectivity index (χ0v) is 8.95. The highest BCUT2D eigenvalue weighted by molar-refractivity contribution is 6.16. The fraction of sp³-hybridized carbons (Fsp3) is 0.231. The minimum Gasteiger partial charge on any atom is -0.292 e. The molecule has 0 amide bonds. The van der Waals surface area contributed by atoms with Gasteiger partial charge in [0.25, 0.3) is 0 Å². The highest BCUT2D eigenvalue weighted by Crippen LogP contribution is 2.17. The Labute approximate surface area is 89.3 Å². The van der Waals surface area contributed by atoms with Crippen molar-refractivity contribution in [2.24, 2.45) is 4.99 Å². The first-order valence-electron chi connectivity index (χ1n) is 5.01. The van der Waals surface area contributed by atoms with Crippen molar-refractivity contribution in [2.75, 3.05) is 0 Å². The first kappa shape index (κ1) is 9.84. The standard InChI is InChI=1S/C13H13NO/c1-9-4-3-5-11(6-9)8-12-13(15)7-10(2)14-12/h3-6,8H,7H2,1-2H3/b12-8-. The SMILES string of the molecule is CC1=N/C(=C\c2cccc(C)c2)C(=O)C1. The Morgan fingerprint density at radius 3 is 2.73 bits per heavy atom. The quantitative estimate of drug-likeness (QED) is 0.639. The molecule has 2 nitrogen and oxygen atoms in total. The number of hydrogen-bond acceptors (Lipinski definition) is 2. The number of allylic oxidation sites excluding steroid dienone is 1. The van der Waals surface area contributed by atoms with Crippen molar-refractivity contribution >= 4 is 17.6 Å². The molecule has 0 spiro atoms. The summed E-state index contributed by atoms with van der Waals surface area (Å²) >= 11 is 0. The molecule has 1 heterocycles. The van der Waals surface area contributed by atoms with E-state index in [1.807, 2.05) is 44.2 Å². The third-order valence-corrected chi connectivity index (χ3v) is 2.36. The van der Waals surface area contributed by atoms with Crippen LogP contribution in [0.3, 0.4) is 0 Å². The molecule has 0 saturated carbocycles. The lowest BCUT2D eigenvalue weighted by atomic mass is 10.1. The zero-order valence-electron chi connectivity index (χ0n) is 8.95. The second kappa shape index (κ2) is 3.81. The molecule has 0 aromatic heterocycles. The number of hydrogen-bond donors (Lipinski definition) is 0. The molecule has 0 fully saturated rings. The molecule has 0 unspecified atom stereocenters. The molecule has 76 valence electrons. The lowest BCUT2D eigenvalue weighted by Gasteiger charge is -1.96. The molecule has 1 aromatic rings. The molecule has 1 aromatic carbocycles. The van der Waals surface area contributed by atoms with E-state index in [1.165, 1.54) is 5.56 Å². The van der Waals surface area contributed by atoms with Crippen LogP contribution in [0.1, 0.15) is 24.5 Å². The van der Waals surface area contributed by atoms with Crippen LogP contribution in [0.25, 0.3) is 6.08 Å². The molecule has 2 heteroatoms. The summed E-state index contributed by atoms with van der Waals surface area (Å²) in [5.41, 5.74) is 3.71. The van der Waals surface area contributed by atoms with Crippen molar-refractivity contribution in [3.63, 3.8) is 0 Å². The lowest BCUT2D eigenvalue weighted by molar-refractivity contribution is -0.114. The second-order valence-electron chi connectivity index (χ2n) is 3.89. The molecule has 0 N–H and O–H groups in total. The van der Waals surface area contributed by atoms with E-state index < -0.39 is 0 Å². The van der Waals surface area contributed by atoms with Gasteiger partial charge >= 0.3 is 0 Å². The van der Waals surface area contributed by atoms with Crippen molar-refractivity contribution in [3.8, 4) is 0 Å². The van der Waals surface area contributed by atoms with Gasteiger partial charge in [-0.25, -0.2) is 0 Å². The van der Waals surface area contributed by atoms with Gasteiger partial charge in [-0.15, -0.1) is 0 Å². The fourth-order valence-corrected chi connectivity index (χ4v) is 1.66. The van der Waals surface area contributed by atoms with Crippen LogP contribution in [-0.2, 0) is 4.79 Å². The molecular formula is C13H13NO. The molecule has 0 saturated heterocycles. The maximum atomic E-state index is 11.5. The predicted octanol–water partition coefficient (Wildman–Crippen LogP) is 2.77. The summed E-state index contributed by atoms with van der Waals surface area (Å²) in [6.07, 6.45) is 2.32. The Morgan fingerprint density at radius 1 is 1.33 bits per heavy atom. The number of aliphatic imine (C=N–C) groups is 1. The van der Waals surface area contributed by atoms with Gasteiger partial charge in [0.2, 0.25) is 0 Å². The Morgan fingerprint density at radius 2 is 2.13 bits per heavy atom. The number of ketones is 1. The number of carbonyl (C=O) groups excluding carboxylic acids is 1. The number of carbonyl (C=O) groups is 1. The van der Waals surface area contributed by atoms with Gasteiger partial charge in [0.1, 0.15) is 5.70 Å². The average Bonchev–Trinajstić information content (AvgIpc) is 2.45. The monoisotopic (exact) mass is 199 g/mol. The Kier molecular flexibility index (Phi) is 2.50. The summed E-state index contributed by atoms with van der Waals surface area (Å²) < 4.78 is 0. The highest BCUT2D eigenvalue weighted by atomic mass is 16.1. The van der Waals surface area contributed by atoms with Gasteiger partial charge in [-0.1, -0.05) is 29.8 Å². The molecule has 1 aliphatic rings. The maximum absolute atomic E-state index is 11.5. The van der Waals surface area contributed by atoms with E-state index in [9.17, 15) is 4.79 Å². The van der Waals surface area contributed by atoms with Gasteiger partial charge < -0.3 is 0 Å². The molecular weight excluding hydrogens is 186 g/mol. The summed E-state index contributed by atoms with van der Waals surface area (Å²) in [5, 5.41) is 0. The van der Waals surface area contributed by atoms with Gasteiger partial charge in [0, 0.05) is 5.71 Å². The van der Waals surface area contributed by atoms with Gasteiger partial charge in [-0.2, -0.15) is 0 Å². The molecule has 15 heavy (non-hydrogen) atoms. The van der Waals surface area contributed by atoms with E-state index in [0.29, 0.717) is 12.1 Å². The van der Waals surface area contributed by atoms with Crippen LogP contribution in [0.2, 0.25) is 0 Å². The van der Waals surface area contributed by atoms with Gasteiger partial charge in [0.05, 0.1) is 6.42 Å². The van der Waals surface area contributed by atoms with E-state index in [1.54, 1.807) is 0 Å². The fourth-order valence-electron chi connectivity index (χ4n) is 1.66. The van der Waals surface area contributed by atoms with Crippen molar-refractivity contribution in [2.45, 2.75) is 20.3 Å². The van der Waals surface area contributed by atoms with E-state index in [2.05, 4.69) is 4.99 Å².